The normalized spacial score (nSPS) is 12.8. The molecule has 1 heterocycles. The third-order valence-electron chi connectivity index (χ3n) is 2.26. The minimum atomic E-state index is -0.304. The molecule has 78 valence electrons. The highest BCUT2D eigenvalue weighted by Crippen LogP contribution is 2.05. The smallest absolute Gasteiger partial charge is 0.338 e. The summed E-state index contributed by atoms with van der Waals surface area (Å²) in [6, 6.07) is 3.54. The highest BCUT2D eigenvalue weighted by Gasteiger charge is 2.04. The summed E-state index contributed by atoms with van der Waals surface area (Å²) in [6.07, 6.45) is 1.69. The zero-order chi connectivity index (χ0) is 10.6. The lowest BCUT2D eigenvalue weighted by Gasteiger charge is -2.05. The first-order chi connectivity index (χ1) is 6.63. The largest absolute Gasteiger partial charge is 0.428 e. The van der Waals surface area contributed by atoms with Gasteiger partial charge in [0.05, 0.1) is 6.10 Å². The average molecular weight is 196 g/mol. The number of hydrogen-bond acceptors (Lipinski definition) is 3. The topological polar surface area (TPSA) is 50.4 Å². The summed E-state index contributed by atoms with van der Waals surface area (Å²) < 4.78 is 5.04. The van der Waals surface area contributed by atoms with Gasteiger partial charge in [-0.3, -0.25) is 0 Å². The van der Waals surface area contributed by atoms with Crippen LogP contribution in [0.5, 0.6) is 0 Å². The van der Waals surface area contributed by atoms with Crippen LogP contribution in [-0.2, 0) is 6.42 Å². The minimum absolute atomic E-state index is 0.284. The summed E-state index contributed by atoms with van der Waals surface area (Å²) in [5.41, 5.74) is 0.332. The molecule has 1 N–H and O–H groups in total. The van der Waals surface area contributed by atoms with Gasteiger partial charge in [0, 0.05) is 12.0 Å². The van der Waals surface area contributed by atoms with Crippen LogP contribution in [0.3, 0.4) is 0 Å². The van der Waals surface area contributed by atoms with Gasteiger partial charge in [-0.15, -0.1) is 0 Å². The van der Waals surface area contributed by atoms with Gasteiger partial charge >= 0.3 is 5.63 Å². The van der Waals surface area contributed by atoms with Crippen molar-refractivity contribution in [3.63, 3.8) is 0 Å². The van der Waals surface area contributed by atoms with Crippen LogP contribution in [0.1, 0.15) is 31.1 Å². The van der Waals surface area contributed by atoms with Crippen LogP contribution in [-0.4, -0.2) is 11.2 Å². The van der Waals surface area contributed by atoms with E-state index < -0.39 is 0 Å². The van der Waals surface area contributed by atoms with Gasteiger partial charge in [-0.2, -0.15) is 0 Å². The molecule has 0 aliphatic carbocycles. The van der Waals surface area contributed by atoms with E-state index >= 15 is 0 Å². The highest BCUT2D eigenvalue weighted by molar-refractivity contribution is 5.09. The lowest BCUT2D eigenvalue weighted by molar-refractivity contribution is 0.158. The van der Waals surface area contributed by atoms with Crippen molar-refractivity contribution in [2.24, 2.45) is 0 Å². The number of hydrogen-bond donors (Lipinski definition) is 1. The summed E-state index contributed by atoms with van der Waals surface area (Å²) in [4.78, 5) is 11.1. The van der Waals surface area contributed by atoms with Gasteiger partial charge in [-0.05, 0) is 31.9 Å². The Bertz CT molecular complexity index is 341. The average Bonchev–Trinajstić information content (AvgIpc) is 2.19. The van der Waals surface area contributed by atoms with E-state index in [4.69, 9.17) is 4.42 Å². The molecular weight excluding hydrogens is 180 g/mol. The first-order valence-electron chi connectivity index (χ1n) is 4.91. The predicted octanol–water partition coefficient (Wildman–Crippen LogP) is 1.65. The minimum Gasteiger partial charge on any atom is -0.428 e. The second-order valence-corrected chi connectivity index (χ2v) is 3.47. The molecule has 0 aromatic carbocycles. The van der Waals surface area contributed by atoms with Crippen LogP contribution >= 0.6 is 0 Å². The molecular formula is C11H16O3. The molecule has 0 spiro atoms. The molecule has 0 saturated carbocycles. The molecule has 0 fully saturated rings. The zero-order valence-electron chi connectivity index (χ0n) is 8.62. The van der Waals surface area contributed by atoms with Crippen LogP contribution in [0, 0.1) is 6.92 Å². The lowest BCUT2D eigenvalue weighted by atomic mass is 10.1. The Hall–Kier alpha value is -1.09. The van der Waals surface area contributed by atoms with E-state index in [1.165, 1.54) is 0 Å². The molecule has 1 aromatic rings. The maximum absolute atomic E-state index is 11.1. The van der Waals surface area contributed by atoms with Crippen molar-refractivity contribution in [3.8, 4) is 0 Å². The van der Waals surface area contributed by atoms with Gasteiger partial charge in [0.2, 0.25) is 0 Å². The van der Waals surface area contributed by atoms with Gasteiger partial charge in [0.15, 0.2) is 0 Å². The predicted molar refractivity (Wildman–Crippen MR) is 54.3 cm³/mol. The maximum Gasteiger partial charge on any atom is 0.338 e. The fraction of sp³-hybridized carbons (Fsp3) is 0.545. The summed E-state index contributed by atoms with van der Waals surface area (Å²) in [5.74, 6) is 0.646. The van der Waals surface area contributed by atoms with Crippen molar-refractivity contribution in [2.75, 3.05) is 0 Å². The second kappa shape index (κ2) is 4.96. The van der Waals surface area contributed by atoms with E-state index in [0.29, 0.717) is 24.2 Å². The molecule has 14 heavy (non-hydrogen) atoms. The van der Waals surface area contributed by atoms with Crippen molar-refractivity contribution >= 4 is 0 Å². The standard InChI is InChI=1S/C11H16O3/c1-3-9(12)5-7-10-6-4-8(2)11(13)14-10/h4,6,9,12H,3,5,7H2,1-2H3. The van der Waals surface area contributed by atoms with E-state index in [0.717, 1.165) is 6.42 Å². The fourth-order valence-electron chi connectivity index (χ4n) is 1.17. The monoisotopic (exact) mass is 196 g/mol. The summed E-state index contributed by atoms with van der Waals surface area (Å²) >= 11 is 0. The van der Waals surface area contributed by atoms with E-state index in [1.54, 1.807) is 19.1 Å². The molecule has 1 unspecified atom stereocenters. The third kappa shape index (κ3) is 3.00. The molecule has 0 amide bonds. The first-order valence-corrected chi connectivity index (χ1v) is 4.91. The van der Waals surface area contributed by atoms with Crippen LogP contribution in [0.15, 0.2) is 21.3 Å². The molecule has 3 heteroatoms. The fourth-order valence-corrected chi connectivity index (χ4v) is 1.17. The van der Waals surface area contributed by atoms with E-state index in [1.807, 2.05) is 6.92 Å². The van der Waals surface area contributed by atoms with Crippen LogP contribution < -0.4 is 5.63 Å². The molecule has 0 saturated heterocycles. The van der Waals surface area contributed by atoms with Crippen molar-refractivity contribution in [1.29, 1.82) is 0 Å². The highest BCUT2D eigenvalue weighted by atomic mass is 16.4. The van der Waals surface area contributed by atoms with Gasteiger partial charge < -0.3 is 9.52 Å². The van der Waals surface area contributed by atoms with Crippen LogP contribution in [0.2, 0.25) is 0 Å². The maximum atomic E-state index is 11.1. The Balaban J connectivity index is 2.60. The Kier molecular flexibility index (Phi) is 3.89. The molecule has 0 aliphatic rings. The van der Waals surface area contributed by atoms with E-state index in [9.17, 15) is 9.90 Å². The first kappa shape index (κ1) is 11.0. The molecule has 0 radical (unpaired) electrons. The van der Waals surface area contributed by atoms with Crippen molar-refractivity contribution in [3.05, 3.63) is 33.9 Å². The summed E-state index contributed by atoms with van der Waals surface area (Å²) in [6.45, 7) is 3.65. The van der Waals surface area contributed by atoms with Crippen molar-refractivity contribution in [2.45, 2.75) is 39.2 Å². The Morgan fingerprint density at radius 3 is 2.79 bits per heavy atom. The van der Waals surface area contributed by atoms with Crippen molar-refractivity contribution < 1.29 is 9.52 Å². The number of aliphatic hydroxyl groups is 1. The van der Waals surface area contributed by atoms with Crippen molar-refractivity contribution in [1.82, 2.24) is 0 Å². The molecule has 0 bridgehead atoms. The number of aliphatic hydroxyl groups excluding tert-OH is 1. The van der Waals surface area contributed by atoms with Gasteiger partial charge in [-0.25, -0.2) is 4.79 Å². The van der Waals surface area contributed by atoms with Crippen LogP contribution in [0.25, 0.3) is 0 Å². The van der Waals surface area contributed by atoms with Gasteiger partial charge in [0.25, 0.3) is 0 Å². The van der Waals surface area contributed by atoms with Gasteiger partial charge in [0.1, 0.15) is 5.76 Å². The number of rotatable bonds is 4. The molecule has 0 aliphatic heterocycles. The Labute approximate surface area is 83.4 Å². The second-order valence-electron chi connectivity index (χ2n) is 3.47. The quantitative estimate of drug-likeness (QED) is 0.796. The lowest BCUT2D eigenvalue weighted by Crippen LogP contribution is -2.08. The van der Waals surface area contributed by atoms with E-state index in [2.05, 4.69) is 0 Å². The Morgan fingerprint density at radius 1 is 1.50 bits per heavy atom. The van der Waals surface area contributed by atoms with Crippen LogP contribution in [0.4, 0.5) is 0 Å². The Morgan fingerprint density at radius 2 is 2.21 bits per heavy atom. The third-order valence-corrected chi connectivity index (χ3v) is 2.26. The van der Waals surface area contributed by atoms with E-state index in [-0.39, 0.29) is 11.7 Å². The molecule has 1 atom stereocenters. The van der Waals surface area contributed by atoms with Gasteiger partial charge in [-0.1, -0.05) is 6.92 Å². The molecule has 1 aromatic heterocycles. The summed E-state index contributed by atoms with van der Waals surface area (Å²) in [7, 11) is 0. The molecule has 3 nitrogen and oxygen atoms in total. The zero-order valence-corrected chi connectivity index (χ0v) is 8.62. The summed E-state index contributed by atoms with van der Waals surface area (Å²) in [5, 5.41) is 9.32. The number of aryl methyl sites for hydroxylation is 2. The molecule has 1 rings (SSSR count). The SMILES string of the molecule is CCC(O)CCc1ccc(C)c(=O)o1.